The van der Waals surface area contributed by atoms with E-state index in [4.69, 9.17) is 11.6 Å². The first-order chi connectivity index (χ1) is 11.0. The molecule has 6 heteroatoms. The fraction of sp³-hybridized carbons (Fsp3) is 0.444. The van der Waals surface area contributed by atoms with E-state index in [1.54, 1.807) is 18.0 Å². The molecule has 0 N–H and O–H groups in total. The number of aryl methyl sites for hydroxylation is 1. The molecule has 0 unspecified atom stereocenters. The summed E-state index contributed by atoms with van der Waals surface area (Å²) in [4.78, 5) is 13.2. The van der Waals surface area contributed by atoms with Crippen LogP contribution in [0.2, 0.25) is 18.1 Å². The van der Waals surface area contributed by atoms with Gasteiger partial charge in [-0.2, -0.15) is 5.10 Å². The van der Waals surface area contributed by atoms with Gasteiger partial charge in [-0.1, -0.05) is 59.7 Å². The van der Waals surface area contributed by atoms with Crippen LogP contribution >= 0.6 is 23.4 Å². The molecule has 0 aliphatic carbocycles. The molecule has 1 aromatic heterocycles. The zero-order valence-corrected chi connectivity index (χ0v) is 17.8. The summed E-state index contributed by atoms with van der Waals surface area (Å²) in [5.74, 6) is 0. The zero-order valence-electron chi connectivity index (χ0n) is 15.2. The lowest BCUT2D eigenvalue weighted by molar-refractivity contribution is 0.336. The van der Waals surface area contributed by atoms with Crippen LogP contribution in [-0.2, 0) is 5.54 Å². The summed E-state index contributed by atoms with van der Waals surface area (Å²) in [5, 5.41) is 6.96. The van der Waals surface area contributed by atoms with Gasteiger partial charge >= 0.3 is 0 Å². The van der Waals surface area contributed by atoms with E-state index in [0.717, 1.165) is 10.3 Å². The van der Waals surface area contributed by atoms with Crippen LogP contribution in [0.15, 0.2) is 40.2 Å². The molecule has 24 heavy (non-hydrogen) atoms. The van der Waals surface area contributed by atoms with Crippen LogP contribution in [0, 0.1) is 6.92 Å². The van der Waals surface area contributed by atoms with E-state index < -0.39 is 8.07 Å². The van der Waals surface area contributed by atoms with E-state index in [1.165, 1.54) is 15.4 Å². The van der Waals surface area contributed by atoms with Crippen molar-refractivity contribution < 1.29 is 0 Å². The Morgan fingerprint density at radius 1 is 1.29 bits per heavy atom. The van der Waals surface area contributed by atoms with Crippen LogP contribution < -0.4 is 10.7 Å². The summed E-state index contributed by atoms with van der Waals surface area (Å²) >= 11 is 7.97. The molecule has 0 saturated heterocycles. The molecular weight excluding hydrogens is 356 g/mol. The van der Waals surface area contributed by atoms with Gasteiger partial charge in [-0.15, -0.1) is 11.8 Å². The third kappa shape index (κ3) is 4.32. The van der Waals surface area contributed by atoms with Gasteiger partial charge < -0.3 is 0 Å². The van der Waals surface area contributed by atoms with Crippen molar-refractivity contribution in [3.63, 3.8) is 0 Å². The van der Waals surface area contributed by atoms with Crippen LogP contribution in [-0.4, -0.2) is 23.2 Å². The zero-order chi connectivity index (χ0) is 18.1. The summed E-state index contributed by atoms with van der Waals surface area (Å²) in [6.45, 7) is 12.6. The molecule has 2 rings (SSSR count). The van der Waals surface area contributed by atoms with Gasteiger partial charge in [-0.05, 0) is 33.1 Å². The van der Waals surface area contributed by atoms with Crippen LogP contribution in [0.4, 0.5) is 0 Å². The normalized spacial score (nSPS) is 12.5. The highest BCUT2D eigenvalue weighted by Gasteiger charge is 2.25. The number of hydrogen-bond acceptors (Lipinski definition) is 3. The maximum atomic E-state index is 12.4. The van der Waals surface area contributed by atoms with Crippen LogP contribution in [0.3, 0.4) is 0 Å². The molecule has 0 aliphatic heterocycles. The number of hydrogen-bond donors (Lipinski definition) is 0. The van der Waals surface area contributed by atoms with Gasteiger partial charge in [0.2, 0.25) is 0 Å². The van der Waals surface area contributed by atoms with Crippen LogP contribution in [0.1, 0.15) is 26.3 Å². The Kier molecular flexibility index (Phi) is 5.67. The number of rotatable bonds is 4. The van der Waals surface area contributed by atoms with E-state index >= 15 is 0 Å². The Labute approximate surface area is 154 Å². The maximum Gasteiger partial charge on any atom is 0.287 e. The van der Waals surface area contributed by atoms with Crippen molar-refractivity contribution in [2.24, 2.45) is 0 Å². The minimum Gasteiger partial charge on any atom is -0.266 e. The van der Waals surface area contributed by atoms with Gasteiger partial charge in [0, 0.05) is 0 Å². The van der Waals surface area contributed by atoms with Gasteiger partial charge in [0.05, 0.1) is 24.7 Å². The minimum absolute atomic E-state index is 0.218. The lowest BCUT2D eigenvalue weighted by Gasteiger charge is -2.24. The highest BCUT2D eigenvalue weighted by Crippen LogP contribution is 2.27. The first-order valence-corrected chi connectivity index (χ1v) is 12.6. The van der Waals surface area contributed by atoms with E-state index in [0.29, 0.717) is 0 Å². The molecule has 0 radical (unpaired) electrons. The third-order valence-electron chi connectivity index (χ3n) is 3.91. The monoisotopic (exact) mass is 380 g/mol. The average Bonchev–Trinajstić information content (AvgIpc) is 2.47. The Hall–Kier alpha value is -1.04. The molecule has 0 aliphatic rings. The average molecular weight is 381 g/mol. The van der Waals surface area contributed by atoms with Crippen molar-refractivity contribution in [1.82, 2.24) is 9.78 Å². The maximum absolute atomic E-state index is 12.4. The van der Waals surface area contributed by atoms with Crippen molar-refractivity contribution in [2.45, 2.75) is 51.2 Å². The van der Waals surface area contributed by atoms with E-state index in [2.05, 4.69) is 49.4 Å². The topological polar surface area (TPSA) is 34.9 Å². The second-order valence-electron chi connectivity index (χ2n) is 7.75. The second-order valence-corrected chi connectivity index (χ2v) is 14.4. The fourth-order valence-electron chi connectivity index (χ4n) is 2.40. The number of halogens is 1. The Bertz CT molecular complexity index is 796. The van der Waals surface area contributed by atoms with E-state index in [1.807, 2.05) is 20.8 Å². The number of aromatic nitrogens is 2. The van der Waals surface area contributed by atoms with Crippen molar-refractivity contribution in [3.8, 4) is 0 Å². The standard InChI is InChI=1S/C18H25ClN2OSSi/c1-13-8-7-9-14(10-13)24(5,6)12-23-15-11-20-21(18(2,3)4)17(22)16(15)19/h7-11H,12H2,1-6H3. The smallest absolute Gasteiger partial charge is 0.266 e. The van der Waals surface area contributed by atoms with Gasteiger partial charge in [-0.3, -0.25) is 4.79 Å². The molecule has 3 nitrogen and oxygen atoms in total. The van der Waals surface area contributed by atoms with Crippen molar-refractivity contribution in [2.75, 3.05) is 5.38 Å². The van der Waals surface area contributed by atoms with E-state index in [-0.39, 0.29) is 16.1 Å². The highest BCUT2D eigenvalue weighted by atomic mass is 35.5. The molecular formula is C18H25ClN2OSSi. The molecule has 1 aromatic carbocycles. The molecule has 0 fully saturated rings. The van der Waals surface area contributed by atoms with Gasteiger partial charge in [-0.25, -0.2) is 4.68 Å². The Morgan fingerprint density at radius 2 is 1.96 bits per heavy atom. The number of nitrogens with zero attached hydrogens (tertiary/aromatic N) is 2. The molecule has 0 bridgehead atoms. The first kappa shape index (κ1) is 19.3. The lowest BCUT2D eigenvalue weighted by Crippen LogP contribution is -2.44. The Morgan fingerprint density at radius 3 is 2.54 bits per heavy atom. The molecule has 1 heterocycles. The molecule has 130 valence electrons. The summed E-state index contributed by atoms with van der Waals surface area (Å²) in [6.07, 6.45) is 1.72. The number of thioether (sulfide) groups is 1. The SMILES string of the molecule is Cc1cccc([Si](C)(C)CSc2cnn(C(C)(C)C)c(=O)c2Cl)c1. The highest BCUT2D eigenvalue weighted by molar-refractivity contribution is 8.01. The largest absolute Gasteiger partial charge is 0.287 e. The third-order valence-corrected chi connectivity index (χ3v) is 10.3. The van der Waals surface area contributed by atoms with Gasteiger partial charge in [0.1, 0.15) is 5.02 Å². The summed E-state index contributed by atoms with van der Waals surface area (Å²) in [6, 6.07) is 8.71. The quantitative estimate of drug-likeness (QED) is 0.588. The van der Waals surface area contributed by atoms with Crippen LogP contribution in [0.5, 0.6) is 0 Å². The summed E-state index contributed by atoms with van der Waals surface area (Å²) in [5.41, 5.74) is 0.689. The van der Waals surface area contributed by atoms with Gasteiger partial charge in [0.25, 0.3) is 5.56 Å². The molecule has 0 spiro atoms. The molecule has 2 aromatic rings. The van der Waals surface area contributed by atoms with Crippen molar-refractivity contribution in [3.05, 3.63) is 51.4 Å². The molecule has 0 atom stereocenters. The summed E-state index contributed by atoms with van der Waals surface area (Å²) in [7, 11) is -1.62. The lowest BCUT2D eigenvalue weighted by atomic mass is 10.1. The summed E-state index contributed by atoms with van der Waals surface area (Å²) < 4.78 is 1.45. The fourth-order valence-corrected chi connectivity index (χ4v) is 6.93. The Balaban J connectivity index is 2.23. The predicted molar refractivity (Wildman–Crippen MR) is 108 cm³/mol. The predicted octanol–water partition coefficient (Wildman–Crippen LogP) is 4.21. The van der Waals surface area contributed by atoms with Crippen molar-refractivity contribution in [1.29, 1.82) is 0 Å². The second kappa shape index (κ2) is 7.06. The van der Waals surface area contributed by atoms with Crippen LogP contribution in [0.25, 0.3) is 0 Å². The number of benzene rings is 1. The van der Waals surface area contributed by atoms with Gasteiger partial charge in [0.15, 0.2) is 0 Å². The molecule has 0 saturated carbocycles. The first-order valence-electron chi connectivity index (χ1n) is 8.00. The van der Waals surface area contributed by atoms with E-state index in [9.17, 15) is 4.79 Å². The minimum atomic E-state index is -1.62. The van der Waals surface area contributed by atoms with Crippen molar-refractivity contribution >= 4 is 36.6 Å². The molecule has 0 amide bonds.